The lowest BCUT2D eigenvalue weighted by atomic mass is 9.81. The van der Waals surface area contributed by atoms with Crippen molar-refractivity contribution in [3.8, 4) is 5.75 Å². The van der Waals surface area contributed by atoms with Gasteiger partial charge in [-0.2, -0.15) is 0 Å². The molecule has 0 saturated heterocycles. The van der Waals surface area contributed by atoms with E-state index in [4.69, 9.17) is 0 Å². The first kappa shape index (κ1) is 25.1. The van der Waals surface area contributed by atoms with Crippen molar-refractivity contribution >= 4 is 26.5 Å². The Kier molecular flexibility index (Phi) is 8.70. The molecule has 0 radical (unpaired) electrons. The molecule has 1 N–H and O–H groups in total. The van der Waals surface area contributed by atoms with Crippen LogP contribution in [0.15, 0.2) is 35.2 Å². The number of aromatic hydroxyl groups is 1. The standard InChI is InChI=1S/C27H42OSSi/c1-9-12-19-14-11-15-25(20(19)13-10-2)30-18-29-24-17-21(26(3,4)5)23(28)16-22(24)27(6,7)8/h11,14-17,28H,9-10,12-13,18,30H2,1-8H3. The van der Waals surface area contributed by atoms with E-state index in [9.17, 15) is 5.11 Å². The van der Waals surface area contributed by atoms with Crippen LogP contribution in [-0.2, 0) is 23.7 Å². The van der Waals surface area contributed by atoms with E-state index >= 15 is 0 Å². The molecule has 1 nitrogen and oxygen atoms in total. The maximum absolute atomic E-state index is 10.7. The quantitative estimate of drug-likeness (QED) is 0.375. The molecule has 0 saturated carbocycles. The van der Waals surface area contributed by atoms with Gasteiger partial charge in [-0.05, 0) is 57.9 Å². The summed E-state index contributed by atoms with van der Waals surface area (Å²) in [5, 5.41) is 13.5. The maximum Gasteiger partial charge on any atom is 0.119 e. The zero-order chi connectivity index (χ0) is 22.5. The number of hydrogen-bond donors (Lipinski definition) is 1. The number of thioether (sulfide) groups is 1. The molecule has 2 aromatic carbocycles. The molecule has 0 fully saturated rings. The minimum atomic E-state index is -0.358. The minimum absolute atomic E-state index is 0.0200. The molecule has 0 amide bonds. The van der Waals surface area contributed by atoms with Crippen LogP contribution in [0.2, 0.25) is 0 Å². The van der Waals surface area contributed by atoms with Gasteiger partial charge in [0.2, 0.25) is 0 Å². The number of rotatable bonds is 8. The van der Waals surface area contributed by atoms with Crippen molar-refractivity contribution in [1.29, 1.82) is 0 Å². The molecule has 0 unspecified atom stereocenters. The summed E-state index contributed by atoms with van der Waals surface area (Å²) in [6.07, 6.45) is 4.85. The Bertz CT molecular complexity index is 843. The number of hydrogen-bond acceptors (Lipinski definition) is 2. The van der Waals surface area contributed by atoms with Gasteiger partial charge in [0.1, 0.15) is 5.75 Å². The molecule has 0 spiro atoms. The Balaban J connectivity index is 2.30. The molecular formula is C27H42OSSi. The summed E-state index contributed by atoms with van der Waals surface area (Å²) in [5.74, 6) is 0.437. The van der Waals surface area contributed by atoms with Gasteiger partial charge in [-0.3, -0.25) is 0 Å². The van der Waals surface area contributed by atoms with Crippen LogP contribution in [0.3, 0.4) is 0 Å². The zero-order valence-corrected chi connectivity index (χ0v) is 22.7. The fourth-order valence-electron chi connectivity index (χ4n) is 4.14. The minimum Gasteiger partial charge on any atom is -0.508 e. The van der Waals surface area contributed by atoms with Gasteiger partial charge >= 0.3 is 0 Å². The molecule has 0 bridgehead atoms. The highest BCUT2D eigenvalue weighted by Crippen LogP contribution is 2.40. The Hall–Kier alpha value is -1.19. The second-order valence-electron chi connectivity index (χ2n) is 10.5. The van der Waals surface area contributed by atoms with Crippen molar-refractivity contribution in [2.45, 2.75) is 96.8 Å². The van der Waals surface area contributed by atoms with Crippen LogP contribution in [0.25, 0.3) is 0 Å². The van der Waals surface area contributed by atoms with E-state index < -0.39 is 0 Å². The Labute approximate surface area is 191 Å². The van der Waals surface area contributed by atoms with Gasteiger partial charge in [-0.15, -0.1) is 11.8 Å². The van der Waals surface area contributed by atoms with Crippen LogP contribution < -0.4 is 5.19 Å². The van der Waals surface area contributed by atoms with Crippen LogP contribution in [0.5, 0.6) is 5.75 Å². The van der Waals surface area contributed by atoms with E-state index in [1.165, 1.54) is 41.5 Å². The maximum atomic E-state index is 10.7. The summed E-state index contributed by atoms with van der Waals surface area (Å²) < 4.78 is 0. The molecule has 0 aliphatic rings. The predicted octanol–water partition coefficient (Wildman–Crippen LogP) is 6.44. The van der Waals surface area contributed by atoms with E-state index in [-0.39, 0.29) is 20.3 Å². The molecule has 0 aromatic heterocycles. The Morgan fingerprint density at radius 2 is 1.50 bits per heavy atom. The van der Waals surface area contributed by atoms with Gasteiger partial charge in [0.05, 0.1) is 9.52 Å². The van der Waals surface area contributed by atoms with Crippen molar-refractivity contribution in [3.63, 3.8) is 0 Å². The summed E-state index contributed by atoms with van der Waals surface area (Å²) in [7, 11) is -0.358. The van der Waals surface area contributed by atoms with Crippen LogP contribution >= 0.6 is 11.8 Å². The van der Waals surface area contributed by atoms with Crippen LogP contribution in [0.1, 0.15) is 90.5 Å². The summed E-state index contributed by atoms with van der Waals surface area (Å²) in [4.78, 5) is 1.35. The number of benzene rings is 2. The lowest BCUT2D eigenvalue weighted by Gasteiger charge is -2.27. The first-order valence-corrected chi connectivity index (χ1v) is 14.3. The third-order valence-corrected chi connectivity index (χ3v) is 9.22. The van der Waals surface area contributed by atoms with Crippen LogP contribution in [0.4, 0.5) is 0 Å². The molecule has 0 aliphatic heterocycles. The molecule has 2 rings (SSSR count). The van der Waals surface area contributed by atoms with E-state index in [0.717, 1.165) is 5.56 Å². The van der Waals surface area contributed by atoms with Crippen LogP contribution in [-0.4, -0.2) is 20.0 Å². The van der Waals surface area contributed by atoms with Gasteiger partial charge in [-0.25, -0.2) is 0 Å². The fraction of sp³-hybridized carbons (Fsp3) is 0.556. The Morgan fingerprint density at radius 3 is 2.07 bits per heavy atom. The Morgan fingerprint density at radius 1 is 0.867 bits per heavy atom. The van der Waals surface area contributed by atoms with E-state index in [1.54, 1.807) is 16.3 Å². The zero-order valence-electron chi connectivity index (χ0n) is 20.5. The first-order chi connectivity index (χ1) is 14.0. The monoisotopic (exact) mass is 442 g/mol. The van der Waals surface area contributed by atoms with Gasteiger partial charge < -0.3 is 5.11 Å². The predicted molar refractivity (Wildman–Crippen MR) is 139 cm³/mol. The van der Waals surface area contributed by atoms with Gasteiger partial charge in [0.15, 0.2) is 0 Å². The average molecular weight is 443 g/mol. The largest absolute Gasteiger partial charge is 0.508 e. The fourth-order valence-corrected chi connectivity index (χ4v) is 8.04. The third-order valence-electron chi connectivity index (χ3n) is 5.73. The molecule has 0 atom stereocenters. The highest BCUT2D eigenvalue weighted by Gasteiger charge is 2.25. The van der Waals surface area contributed by atoms with Crippen molar-refractivity contribution in [2.75, 3.05) is 5.38 Å². The van der Waals surface area contributed by atoms with Crippen LogP contribution in [0, 0.1) is 0 Å². The highest BCUT2D eigenvalue weighted by atomic mass is 32.2. The van der Waals surface area contributed by atoms with E-state index in [0.29, 0.717) is 5.75 Å². The third kappa shape index (κ3) is 6.40. The lowest BCUT2D eigenvalue weighted by Crippen LogP contribution is -2.23. The lowest BCUT2D eigenvalue weighted by molar-refractivity contribution is 0.441. The first-order valence-electron chi connectivity index (χ1n) is 11.6. The summed E-state index contributed by atoms with van der Waals surface area (Å²) in [5.41, 5.74) is 5.50. The SMILES string of the molecule is CCCc1cccc([SiH2]CSc2cc(C(C)(C)C)c(O)cc2C(C)(C)C)c1CCC. The highest BCUT2D eigenvalue weighted by molar-refractivity contribution is 8.00. The number of aryl methyl sites for hydroxylation is 1. The second kappa shape index (κ2) is 10.4. The van der Waals surface area contributed by atoms with E-state index in [2.05, 4.69) is 79.7 Å². The molecule has 3 heteroatoms. The van der Waals surface area contributed by atoms with E-state index in [1.807, 2.05) is 17.8 Å². The average Bonchev–Trinajstić information content (AvgIpc) is 2.63. The molecule has 30 heavy (non-hydrogen) atoms. The molecule has 2 aromatic rings. The number of phenols is 1. The molecular weight excluding hydrogens is 400 g/mol. The van der Waals surface area contributed by atoms with Crippen molar-refractivity contribution < 1.29 is 5.11 Å². The summed E-state index contributed by atoms with van der Waals surface area (Å²) in [6.45, 7) is 17.8. The topological polar surface area (TPSA) is 20.2 Å². The molecule has 0 heterocycles. The molecule has 166 valence electrons. The van der Waals surface area contributed by atoms with Gasteiger partial charge in [0.25, 0.3) is 0 Å². The van der Waals surface area contributed by atoms with Crippen molar-refractivity contribution in [1.82, 2.24) is 0 Å². The second-order valence-corrected chi connectivity index (χ2v) is 14.1. The van der Waals surface area contributed by atoms with Gasteiger partial charge in [0, 0.05) is 10.5 Å². The summed E-state index contributed by atoms with van der Waals surface area (Å²) in [6, 6.07) is 11.3. The smallest absolute Gasteiger partial charge is 0.119 e. The van der Waals surface area contributed by atoms with Crippen molar-refractivity contribution in [2.24, 2.45) is 0 Å². The van der Waals surface area contributed by atoms with Gasteiger partial charge in [-0.1, -0.05) is 91.6 Å². The summed E-state index contributed by atoms with van der Waals surface area (Å²) >= 11 is 2.00. The van der Waals surface area contributed by atoms with Crippen molar-refractivity contribution in [3.05, 3.63) is 52.6 Å². The normalized spacial score (nSPS) is 12.8. The number of phenolic OH excluding ortho intramolecular Hbond substituents is 1. The molecule has 0 aliphatic carbocycles.